The maximum atomic E-state index is 14.1. The van der Waals surface area contributed by atoms with Crippen LogP contribution in [0.25, 0.3) is 0 Å². The van der Waals surface area contributed by atoms with E-state index in [9.17, 15) is 4.39 Å². The molecule has 2 atom stereocenters. The van der Waals surface area contributed by atoms with Gasteiger partial charge in [0, 0.05) is 34.8 Å². The molecule has 0 bridgehead atoms. The number of hydrogen-bond acceptors (Lipinski definition) is 5. The molecule has 0 radical (unpaired) electrons. The lowest BCUT2D eigenvalue weighted by Crippen LogP contribution is -2.41. The van der Waals surface area contributed by atoms with Crippen molar-refractivity contribution in [1.82, 2.24) is 14.9 Å². The molecule has 1 fully saturated rings. The Kier molecular flexibility index (Phi) is 4.90. The monoisotopic (exact) mass is 413 g/mol. The largest absolute Gasteiger partial charge is 0.311 e. The Balaban J connectivity index is 1.33. The Morgan fingerprint density at radius 2 is 2.00 bits per heavy atom. The van der Waals surface area contributed by atoms with Crippen LogP contribution in [0.5, 0.6) is 0 Å². The molecule has 1 aromatic heterocycles. The van der Waals surface area contributed by atoms with Gasteiger partial charge < -0.3 is 4.90 Å². The van der Waals surface area contributed by atoms with Crippen LogP contribution in [0.3, 0.4) is 0 Å². The predicted molar refractivity (Wildman–Crippen MR) is 113 cm³/mol. The zero-order chi connectivity index (χ0) is 20.0. The predicted octanol–water partition coefficient (Wildman–Crippen LogP) is 4.98. The molecule has 152 valence electrons. The first-order chi connectivity index (χ1) is 14.1. The summed E-state index contributed by atoms with van der Waals surface area (Å²) in [5, 5.41) is 7.74. The summed E-state index contributed by atoms with van der Waals surface area (Å²) in [5.41, 5.74) is 1.68. The lowest BCUT2D eigenvalue weighted by Gasteiger charge is -2.36. The van der Waals surface area contributed by atoms with Crippen LogP contribution >= 0.6 is 11.6 Å². The number of rotatable bonds is 2. The summed E-state index contributed by atoms with van der Waals surface area (Å²) in [6.07, 6.45) is 13.3. The molecule has 0 N–H and O–H groups in total. The first-order valence-corrected chi connectivity index (χ1v) is 10.9. The van der Waals surface area contributed by atoms with Gasteiger partial charge in [0.15, 0.2) is 0 Å². The highest BCUT2D eigenvalue weighted by molar-refractivity contribution is 6.31. The molecule has 3 heterocycles. The van der Waals surface area contributed by atoms with Gasteiger partial charge in [-0.25, -0.2) is 9.40 Å². The van der Waals surface area contributed by atoms with Gasteiger partial charge in [-0.1, -0.05) is 11.6 Å². The number of nitrogens with zero attached hydrogens (tertiary/aromatic N) is 5. The fraction of sp³-hybridized carbons (Fsp3) is 0.500. The van der Waals surface area contributed by atoms with Gasteiger partial charge in [0.2, 0.25) is 0 Å². The van der Waals surface area contributed by atoms with Gasteiger partial charge in [-0.3, -0.25) is 9.98 Å². The van der Waals surface area contributed by atoms with Crippen LogP contribution in [0.15, 0.2) is 51.6 Å². The maximum absolute atomic E-state index is 14.1. The second-order valence-corrected chi connectivity index (χ2v) is 8.86. The lowest BCUT2D eigenvalue weighted by atomic mass is 9.83. The van der Waals surface area contributed by atoms with Gasteiger partial charge in [0.1, 0.15) is 18.0 Å². The van der Waals surface area contributed by atoms with Crippen molar-refractivity contribution in [2.75, 3.05) is 0 Å². The second-order valence-electron chi connectivity index (χ2n) is 8.38. The molecule has 29 heavy (non-hydrogen) atoms. The van der Waals surface area contributed by atoms with E-state index in [1.165, 1.54) is 6.07 Å². The van der Waals surface area contributed by atoms with Gasteiger partial charge in [0.05, 0.1) is 17.9 Å². The minimum Gasteiger partial charge on any atom is -0.311 e. The molecule has 0 spiro atoms. The second kappa shape index (κ2) is 7.56. The van der Waals surface area contributed by atoms with Gasteiger partial charge >= 0.3 is 0 Å². The molecule has 2 unspecified atom stereocenters. The first kappa shape index (κ1) is 18.8. The molecule has 4 aliphatic rings. The Bertz CT molecular complexity index is 916. The molecule has 0 aromatic carbocycles. The number of halogens is 2. The third kappa shape index (κ3) is 3.37. The topological polar surface area (TPSA) is 44.1 Å². The summed E-state index contributed by atoms with van der Waals surface area (Å²) < 4.78 is 14.1. The van der Waals surface area contributed by atoms with Crippen molar-refractivity contribution >= 4 is 23.7 Å². The Morgan fingerprint density at radius 1 is 1.17 bits per heavy atom. The Morgan fingerprint density at radius 3 is 2.79 bits per heavy atom. The van der Waals surface area contributed by atoms with Crippen LogP contribution in [-0.2, 0) is 0 Å². The quantitative estimate of drug-likeness (QED) is 0.686. The van der Waals surface area contributed by atoms with E-state index >= 15 is 0 Å². The van der Waals surface area contributed by atoms with Crippen molar-refractivity contribution in [3.63, 3.8) is 0 Å². The van der Waals surface area contributed by atoms with E-state index < -0.39 is 0 Å². The third-order valence-electron chi connectivity index (χ3n) is 6.74. The molecule has 1 saturated carbocycles. The zero-order valence-corrected chi connectivity index (χ0v) is 17.3. The van der Waals surface area contributed by atoms with E-state index in [4.69, 9.17) is 21.7 Å². The van der Waals surface area contributed by atoms with E-state index in [1.54, 1.807) is 12.3 Å². The summed E-state index contributed by atoms with van der Waals surface area (Å²) in [5.74, 6) is 1.40. The molecule has 5 nitrogen and oxygen atoms in total. The summed E-state index contributed by atoms with van der Waals surface area (Å²) in [4.78, 5) is 11.3. The van der Waals surface area contributed by atoms with E-state index in [1.807, 2.05) is 18.6 Å². The van der Waals surface area contributed by atoms with E-state index in [2.05, 4.69) is 21.8 Å². The minimum absolute atomic E-state index is 0.188. The van der Waals surface area contributed by atoms with Gasteiger partial charge in [0.25, 0.3) is 0 Å². The molecule has 2 aliphatic carbocycles. The first-order valence-electron chi connectivity index (χ1n) is 10.5. The van der Waals surface area contributed by atoms with Gasteiger partial charge in [-0.05, 0) is 63.7 Å². The highest BCUT2D eigenvalue weighted by atomic mass is 35.5. The maximum Gasteiger partial charge on any atom is 0.149 e. The fourth-order valence-corrected chi connectivity index (χ4v) is 5.31. The molecular weight excluding hydrogens is 389 g/mol. The van der Waals surface area contributed by atoms with E-state index in [-0.39, 0.29) is 17.8 Å². The minimum atomic E-state index is -0.188. The summed E-state index contributed by atoms with van der Waals surface area (Å²) >= 11 is 6.26. The van der Waals surface area contributed by atoms with Crippen molar-refractivity contribution in [2.24, 2.45) is 16.0 Å². The summed E-state index contributed by atoms with van der Waals surface area (Å²) in [6, 6.07) is 3.75. The van der Waals surface area contributed by atoms with E-state index in [0.29, 0.717) is 17.7 Å². The standard InChI is InChI=1S/C22H25ClFN5/c1-14-18-9-6-16(23)11-20(18)26-12-21-28(14)13-27-29(21)17-7-4-15(5-8-17)22-19(24)3-2-10-25-22/h2-3,10-15,17-18H,4-9H2,1H3. The number of aliphatic imine (C=N–C) groups is 1. The number of pyridine rings is 1. The molecule has 7 heteroatoms. The number of hydrogen-bond donors (Lipinski definition) is 0. The molecular formula is C22H25ClFN5. The van der Waals surface area contributed by atoms with Gasteiger partial charge in [-0.2, -0.15) is 5.10 Å². The smallest absolute Gasteiger partial charge is 0.149 e. The number of allylic oxidation sites excluding steroid dienone is 2. The van der Waals surface area contributed by atoms with Crippen molar-refractivity contribution < 1.29 is 4.39 Å². The Hall–Kier alpha value is -2.21. The Labute approximate surface area is 175 Å². The van der Waals surface area contributed by atoms with Crippen LogP contribution in [0.4, 0.5) is 4.39 Å². The van der Waals surface area contributed by atoms with Crippen LogP contribution in [0.2, 0.25) is 0 Å². The SMILES string of the molecule is CC1C2CCC(Cl)=CC2=NC=C2N1C=NN2C1CCC(c2ncccc2F)CC1. The number of aromatic nitrogens is 1. The summed E-state index contributed by atoms with van der Waals surface area (Å²) in [6.45, 7) is 2.24. The third-order valence-corrected chi connectivity index (χ3v) is 7.04. The summed E-state index contributed by atoms with van der Waals surface area (Å²) in [7, 11) is 0. The number of hydrazone groups is 1. The van der Waals surface area contributed by atoms with E-state index in [0.717, 1.165) is 55.1 Å². The zero-order valence-electron chi connectivity index (χ0n) is 16.5. The van der Waals surface area contributed by atoms with Crippen molar-refractivity contribution in [3.05, 3.63) is 53.0 Å². The molecule has 2 aliphatic heterocycles. The van der Waals surface area contributed by atoms with Gasteiger partial charge in [-0.15, -0.1) is 0 Å². The van der Waals surface area contributed by atoms with Crippen LogP contribution < -0.4 is 0 Å². The van der Waals surface area contributed by atoms with Crippen molar-refractivity contribution in [1.29, 1.82) is 0 Å². The molecule has 5 rings (SSSR count). The van der Waals surface area contributed by atoms with Crippen LogP contribution in [0.1, 0.15) is 57.1 Å². The lowest BCUT2D eigenvalue weighted by molar-refractivity contribution is 0.168. The molecule has 0 amide bonds. The molecule has 0 saturated heterocycles. The highest BCUT2D eigenvalue weighted by Gasteiger charge is 2.39. The van der Waals surface area contributed by atoms with Crippen LogP contribution in [0, 0.1) is 11.7 Å². The average molecular weight is 414 g/mol. The van der Waals surface area contributed by atoms with Crippen molar-refractivity contribution in [2.45, 2.75) is 63.5 Å². The molecule has 1 aromatic rings. The van der Waals surface area contributed by atoms with Crippen molar-refractivity contribution in [3.8, 4) is 0 Å². The normalized spacial score (nSPS) is 31.5. The average Bonchev–Trinajstić information content (AvgIpc) is 3.11. The van der Waals surface area contributed by atoms with Crippen LogP contribution in [-0.4, -0.2) is 39.0 Å². The fourth-order valence-electron chi connectivity index (χ4n) is 5.09. The highest BCUT2D eigenvalue weighted by Crippen LogP contribution is 2.39. The number of fused-ring (bicyclic) bond motifs is 2.